The quantitative estimate of drug-likeness (QED) is 0.421. The molecule has 0 rings (SSSR count). The lowest BCUT2D eigenvalue weighted by Crippen LogP contribution is -2.43. The van der Waals surface area contributed by atoms with Crippen molar-refractivity contribution >= 4 is 5.84 Å². The Morgan fingerprint density at radius 1 is 1.50 bits per heavy atom. The van der Waals surface area contributed by atoms with Gasteiger partial charge in [0.1, 0.15) is 0 Å². The Hall–Kier alpha value is -0.610. The van der Waals surface area contributed by atoms with Crippen LogP contribution in [0, 0.1) is 5.41 Å². The van der Waals surface area contributed by atoms with Crippen molar-refractivity contribution in [3.05, 3.63) is 0 Å². The Kier molecular flexibility index (Phi) is 6.49. The lowest BCUT2D eigenvalue weighted by atomic mass is 10.1. The molecule has 4 N–H and O–H groups in total. The van der Waals surface area contributed by atoms with Crippen molar-refractivity contribution in [3.8, 4) is 0 Å². The van der Waals surface area contributed by atoms with Gasteiger partial charge in [-0.25, -0.2) is 0 Å². The largest absolute Gasteiger partial charge is 0.395 e. The Labute approximate surface area is 86.6 Å². The lowest BCUT2D eigenvalue weighted by molar-refractivity contribution is 0.117. The Bertz CT molecular complexity index is 171. The van der Waals surface area contributed by atoms with Crippen LogP contribution in [0.3, 0.4) is 0 Å². The van der Waals surface area contributed by atoms with Crippen LogP contribution in [0.15, 0.2) is 0 Å². The molecule has 0 saturated heterocycles. The first-order chi connectivity index (χ1) is 6.52. The van der Waals surface area contributed by atoms with E-state index in [1.54, 1.807) is 0 Å². The first-order valence-corrected chi connectivity index (χ1v) is 5.22. The number of nitrogens with one attached hydrogen (secondary N) is 1. The number of aliphatic hydroxyl groups is 1. The second kappa shape index (κ2) is 6.79. The Morgan fingerprint density at radius 2 is 2.07 bits per heavy atom. The van der Waals surface area contributed by atoms with Gasteiger partial charge in [0.05, 0.1) is 12.4 Å². The number of nitrogens with zero attached hydrogens (tertiary/aromatic N) is 1. The van der Waals surface area contributed by atoms with Crippen molar-refractivity contribution in [1.82, 2.24) is 4.90 Å². The minimum absolute atomic E-state index is 0.159. The maximum atomic E-state index is 8.94. The van der Waals surface area contributed by atoms with E-state index < -0.39 is 0 Å². The number of rotatable bonds is 7. The molecule has 84 valence electrons. The summed E-state index contributed by atoms with van der Waals surface area (Å²) >= 11 is 0. The van der Waals surface area contributed by atoms with E-state index in [0.717, 1.165) is 6.42 Å². The summed E-state index contributed by atoms with van der Waals surface area (Å²) in [6.07, 6.45) is 1.55. The van der Waals surface area contributed by atoms with Crippen LogP contribution in [0.4, 0.5) is 0 Å². The third-order valence-corrected chi connectivity index (χ3v) is 2.42. The highest BCUT2D eigenvalue weighted by atomic mass is 16.3. The van der Waals surface area contributed by atoms with E-state index in [1.807, 2.05) is 0 Å². The number of aliphatic hydroxyl groups excluding tert-OH is 1. The number of hydrogen-bond donors (Lipinski definition) is 3. The second-order valence-electron chi connectivity index (χ2n) is 3.85. The first kappa shape index (κ1) is 13.4. The summed E-state index contributed by atoms with van der Waals surface area (Å²) in [6.45, 7) is 7.09. The minimum atomic E-state index is 0.159. The van der Waals surface area contributed by atoms with Crippen LogP contribution in [0.2, 0.25) is 0 Å². The molecule has 0 bridgehead atoms. The zero-order valence-corrected chi connectivity index (χ0v) is 9.45. The van der Waals surface area contributed by atoms with Gasteiger partial charge in [-0.1, -0.05) is 6.92 Å². The molecule has 0 aromatic carbocycles. The maximum Gasteiger partial charge on any atom is 0.0921 e. The van der Waals surface area contributed by atoms with Gasteiger partial charge < -0.3 is 10.8 Å². The molecule has 0 aromatic heterocycles. The van der Waals surface area contributed by atoms with Gasteiger partial charge in [0.2, 0.25) is 0 Å². The average Bonchev–Trinajstić information content (AvgIpc) is 2.10. The van der Waals surface area contributed by atoms with Crippen molar-refractivity contribution in [3.63, 3.8) is 0 Å². The van der Waals surface area contributed by atoms with E-state index in [1.165, 1.54) is 0 Å². The predicted molar refractivity (Wildman–Crippen MR) is 59.5 cm³/mol. The van der Waals surface area contributed by atoms with E-state index in [9.17, 15) is 0 Å². The summed E-state index contributed by atoms with van der Waals surface area (Å²) in [6, 6.07) is 0.658. The molecule has 0 aliphatic heterocycles. The van der Waals surface area contributed by atoms with Crippen molar-refractivity contribution in [2.45, 2.75) is 45.7 Å². The van der Waals surface area contributed by atoms with Crippen molar-refractivity contribution in [2.75, 3.05) is 13.2 Å². The molecule has 0 aliphatic rings. The van der Waals surface area contributed by atoms with Gasteiger partial charge in [-0.15, -0.1) is 0 Å². The highest BCUT2D eigenvalue weighted by molar-refractivity contribution is 5.77. The lowest BCUT2D eigenvalue weighted by Gasteiger charge is -2.33. The number of nitrogens with two attached hydrogens (primary N) is 1. The zero-order valence-electron chi connectivity index (χ0n) is 9.45. The Balaban J connectivity index is 4.32. The van der Waals surface area contributed by atoms with E-state index in [-0.39, 0.29) is 18.5 Å². The van der Waals surface area contributed by atoms with Crippen molar-refractivity contribution in [1.29, 1.82) is 5.41 Å². The Morgan fingerprint density at radius 3 is 2.36 bits per heavy atom. The van der Waals surface area contributed by atoms with Crippen LogP contribution in [0.5, 0.6) is 0 Å². The van der Waals surface area contributed by atoms with Gasteiger partial charge in [-0.2, -0.15) is 0 Å². The SMILES string of the molecule is CCC(CC(=N)N)N(CCO)C(C)C. The topological polar surface area (TPSA) is 73.3 Å². The summed E-state index contributed by atoms with van der Waals surface area (Å²) in [5.41, 5.74) is 5.40. The molecule has 14 heavy (non-hydrogen) atoms. The third kappa shape index (κ3) is 4.58. The number of amidine groups is 1. The van der Waals surface area contributed by atoms with Gasteiger partial charge in [-0.3, -0.25) is 10.3 Å². The summed E-state index contributed by atoms with van der Waals surface area (Å²) in [4.78, 5) is 2.20. The average molecular weight is 201 g/mol. The van der Waals surface area contributed by atoms with Gasteiger partial charge in [0.25, 0.3) is 0 Å². The second-order valence-corrected chi connectivity index (χ2v) is 3.85. The van der Waals surface area contributed by atoms with Gasteiger partial charge in [-0.05, 0) is 20.3 Å². The van der Waals surface area contributed by atoms with Crippen molar-refractivity contribution < 1.29 is 5.11 Å². The highest BCUT2D eigenvalue weighted by Gasteiger charge is 2.19. The van der Waals surface area contributed by atoms with Crippen LogP contribution < -0.4 is 5.73 Å². The third-order valence-electron chi connectivity index (χ3n) is 2.42. The minimum Gasteiger partial charge on any atom is -0.395 e. The molecule has 1 unspecified atom stereocenters. The smallest absolute Gasteiger partial charge is 0.0921 e. The van der Waals surface area contributed by atoms with E-state index in [4.69, 9.17) is 16.2 Å². The fraction of sp³-hybridized carbons (Fsp3) is 0.900. The summed E-state index contributed by atoms with van der Waals surface area (Å²) in [7, 11) is 0. The van der Waals surface area contributed by atoms with Crippen LogP contribution in [0.25, 0.3) is 0 Å². The van der Waals surface area contributed by atoms with Crippen LogP contribution in [-0.2, 0) is 0 Å². The standard InChI is InChI=1S/C10H23N3O/c1-4-9(7-10(11)12)13(5-6-14)8(2)3/h8-9,14H,4-7H2,1-3H3,(H3,11,12). The van der Waals surface area contributed by atoms with E-state index in [2.05, 4.69) is 25.7 Å². The maximum absolute atomic E-state index is 8.94. The van der Waals surface area contributed by atoms with Gasteiger partial charge >= 0.3 is 0 Å². The normalized spacial score (nSPS) is 13.6. The van der Waals surface area contributed by atoms with Gasteiger partial charge in [0.15, 0.2) is 0 Å². The van der Waals surface area contributed by atoms with Crippen molar-refractivity contribution in [2.24, 2.45) is 5.73 Å². The van der Waals surface area contributed by atoms with E-state index in [0.29, 0.717) is 19.0 Å². The molecular formula is C10H23N3O. The molecule has 1 atom stereocenters. The molecule has 0 fully saturated rings. The van der Waals surface area contributed by atoms with E-state index >= 15 is 0 Å². The summed E-state index contributed by atoms with van der Waals surface area (Å²) in [5.74, 6) is 0.223. The van der Waals surface area contributed by atoms with Gasteiger partial charge in [0, 0.05) is 25.0 Å². The fourth-order valence-electron chi connectivity index (χ4n) is 1.73. The van der Waals surface area contributed by atoms with Crippen LogP contribution >= 0.6 is 0 Å². The molecule has 0 aliphatic carbocycles. The summed E-state index contributed by atoms with van der Waals surface area (Å²) < 4.78 is 0. The zero-order chi connectivity index (χ0) is 11.1. The molecule has 0 spiro atoms. The highest BCUT2D eigenvalue weighted by Crippen LogP contribution is 2.11. The van der Waals surface area contributed by atoms with Crippen LogP contribution in [0.1, 0.15) is 33.6 Å². The monoisotopic (exact) mass is 201 g/mol. The molecule has 0 amide bonds. The molecule has 4 heteroatoms. The summed E-state index contributed by atoms with van der Waals surface area (Å²) in [5, 5.41) is 16.2. The molecule has 0 radical (unpaired) electrons. The van der Waals surface area contributed by atoms with Crippen LogP contribution in [-0.4, -0.2) is 41.1 Å². The molecule has 4 nitrogen and oxygen atoms in total. The molecular weight excluding hydrogens is 178 g/mol. The number of hydrogen-bond acceptors (Lipinski definition) is 3. The molecule has 0 saturated carbocycles. The molecule has 0 aromatic rings. The first-order valence-electron chi connectivity index (χ1n) is 5.22. The molecule has 0 heterocycles. The fourth-order valence-corrected chi connectivity index (χ4v) is 1.73. The predicted octanol–water partition coefficient (Wildman–Crippen LogP) is 0.794.